The summed E-state index contributed by atoms with van der Waals surface area (Å²) in [6.07, 6.45) is 3.69. The number of carboxylic acids is 1. The third-order valence-corrected chi connectivity index (χ3v) is 5.06. The van der Waals surface area contributed by atoms with Crippen molar-refractivity contribution in [3.8, 4) is 5.75 Å². The number of carbonyl (C=O) groups excluding carboxylic acids is 2. The lowest BCUT2D eigenvalue weighted by molar-refractivity contribution is -0.121. The fourth-order valence-electron chi connectivity index (χ4n) is 3.23. The van der Waals surface area contributed by atoms with Crippen molar-refractivity contribution >= 4 is 29.3 Å². The first-order valence-corrected chi connectivity index (χ1v) is 11.6. The number of hydrogen-bond donors (Lipinski definition) is 4. The zero-order valence-corrected chi connectivity index (χ0v) is 19.8. The zero-order valence-electron chi connectivity index (χ0n) is 19.8. The fraction of sp³-hybridized carbons (Fsp3) is 0.400. The Kier molecular flexibility index (Phi) is 11.7. The van der Waals surface area contributed by atoms with Crippen LogP contribution in [0.4, 0.5) is 16.2 Å². The van der Waals surface area contributed by atoms with Crippen molar-refractivity contribution in [1.82, 2.24) is 10.6 Å². The van der Waals surface area contributed by atoms with Crippen molar-refractivity contribution in [2.24, 2.45) is 10.2 Å². The van der Waals surface area contributed by atoms with E-state index in [0.29, 0.717) is 37.4 Å². The first-order valence-electron chi connectivity index (χ1n) is 11.6. The van der Waals surface area contributed by atoms with Gasteiger partial charge in [-0.05, 0) is 62.1 Å². The lowest BCUT2D eigenvalue weighted by Crippen LogP contribution is -2.25. The number of aromatic carboxylic acids is 1. The van der Waals surface area contributed by atoms with E-state index in [9.17, 15) is 24.6 Å². The molecule has 0 saturated carbocycles. The van der Waals surface area contributed by atoms with Gasteiger partial charge in [-0.2, -0.15) is 5.11 Å². The minimum Gasteiger partial charge on any atom is -0.508 e. The number of unbranched alkanes of at least 4 members (excludes halogenated alkanes) is 3. The van der Waals surface area contributed by atoms with Gasteiger partial charge in [0.05, 0.1) is 17.9 Å². The van der Waals surface area contributed by atoms with Crippen molar-refractivity contribution in [1.29, 1.82) is 0 Å². The number of aromatic hydroxyl groups is 1. The Morgan fingerprint density at radius 2 is 1.66 bits per heavy atom. The summed E-state index contributed by atoms with van der Waals surface area (Å²) in [5.41, 5.74) is 1.26. The molecule has 2 aromatic carbocycles. The number of aryl methyl sites for hydroxylation is 1. The molecule has 0 fully saturated rings. The van der Waals surface area contributed by atoms with Gasteiger partial charge in [0.1, 0.15) is 11.4 Å². The summed E-state index contributed by atoms with van der Waals surface area (Å²) in [4.78, 5) is 34.6. The van der Waals surface area contributed by atoms with Gasteiger partial charge in [0, 0.05) is 19.5 Å². The van der Waals surface area contributed by atoms with Gasteiger partial charge in [-0.1, -0.05) is 25.0 Å². The van der Waals surface area contributed by atoms with Crippen LogP contribution in [0.15, 0.2) is 52.7 Å². The predicted molar refractivity (Wildman–Crippen MR) is 131 cm³/mol. The van der Waals surface area contributed by atoms with E-state index in [1.807, 2.05) is 0 Å². The second-order valence-corrected chi connectivity index (χ2v) is 7.75. The molecule has 0 aliphatic heterocycles. The molecule has 0 radical (unpaired) electrons. The molecular formula is C25H32N4O6. The number of carboxylic acid groups (broad SMARTS) is 1. The van der Waals surface area contributed by atoms with Gasteiger partial charge in [-0.15, -0.1) is 5.11 Å². The standard InChI is InChI=1S/C25H32N4O6/c1-2-35-25(34)27-16-8-4-3-7-15-26-23(31)14-11-18-17-19(12-13-22(18)30)28-29-21-10-6-5-9-20(21)24(32)33/h5-6,9-10,12-13,17,30H,2-4,7-8,11,14-16H2,1H3,(H,26,31)(H,27,34)(H,32,33). The molecule has 4 N–H and O–H groups in total. The average molecular weight is 485 g/mol. The Morgan fingerprint density at radius 1 is 0.943 bits per heavy atom. The maximum Gasteiger partial charge on any atom is 0.407 e. The van der Waals surface area contributed by atoms with Gasteiger partial charge in [-0.25, -0.2) is 9.59 Å². The van der Waals surface area contributed by atoms with Crippen LogP contribution in [-0.4, -0.2) is 47.9 Å². The third-order valence-electron chi connectivity index (χ3n) is 5.06. The number of nitrogens with one attached hydrogen (secondary N) is 2. The van der Waals surface area contributed by atoms with E-state index in [1.165, 1.54) is 12.1 Å². The maximum absolute atomic E-state index is 12.1. The summed E-state index contributed by atoms with van der Waals surface area (Å²) in [5, 5.41) is 33.0. The van der Waals surface area contributed by atoms with E-state index in [-0.39, 0.29) is 29.3 Å². The van der Waals surface area contributed by atoms with Gasteiger partial charge in [0.25, 0.3) is 0 Å². The highest BCUT2D eigenvalue weighted by Crippen LogP contribution is 2.27. The number of rotatable bonds is 14. The lowest BCUT2D eigenvalue weighted by atomic mass is 10.1. The van der Waals surface area contributed by atoms with Crippen LogP contribution in [0.5, 0.6) is 5.75 Å². The minimum absolute atomic E-state index is 0.0419. The number of nitrogens with zero attached hydrogens (tertiary/aromatic N) is 2. The Labute approximate surface area is 204 Å². The first kappa shape index (κ1) is 27.3. The minimum atomic E-state index is -1.09. The van der Waals surface area contributed by atoms with E-state index in [1.54, 1.807) is 37.3 Å². The van der Waals surface area contributed by atoms with Crippen molar-refractivity contribution in [2.45, 2.75) is 45.4 Å². The van der Waals surface area contributed by atoms with Crippen molar-refractivity contribution in [3.63, 3.8) is 0 Å². The monoisotopic (exact) mass is 484 g/mol. The molecule has 0 aliphatic rings. The van der Waals surface area contributed by atoms with Crippen LogP contribution in [0.3, 0.4) is 0 Å². The number of ether oxygens (including phenoxy) is 1. The van der Waals surface area contributed by atoms with Crippen LogP contribution < -0.4 is 10.6 Å². The number of alkyl carbamates (subject to hydrolysis) is 1. The second kappa shape index (κ2) is 15.0. The quantitative estimate of drug-likeness (QED) is 0.222. The van der Waals surface area contributed by atoms with Crippen molar-refractivity contribution in [3.05, 3.63) is 53.6 Å². The first-order chi connectivity index (χ1) is 16.9. The van der Waals surface area contributed by atoms with E-state index in [4.69, 9.17) is 4.74 Å². The molecule has 2 amide bonds. The topological polar surface area (TPSA) is 150 Å². The molecule has 0 aromatic heterocycles. The summed E-state index contributed by atoms with van der Waals surface area (Å²) >= 11 is 0. The number of phenols is 1. The number of amides is 2. The van der Waals surface area contributed by atoms with Crippen LogP contribution in [0, 0.1) is 0 Å². The molecule has 0 aliphatic carbocycles. The highest BCUT2D eigenvalue weighted by Gasteiger charge is 2.09. The molecule has 2 rings (SSSR count). The molecule has 188 valence electrons. The summed E-state index contributed by atoms with van der Waals surface area (Å²) in [6, 6.07) is 10.9. The number of phenolic OH excluding ortho intramolecular Hbond substituents is 1. The van der Waals surface area contributed by atoms with Crippen molar-refractivity contribution in [2.75, 3.05) is 19.7 Å². The summed E-state index contributed by atoms with van der Waals surface area (Å²) in [7, 11) is 0. The number of benzene rings is 2. The maximum atomic E-state index is 12.1. The number of hydrogen-bond acceptors (Lipinski definition) is 7. The molecule has 10 heteroatoms. The Morgan fingerprint density at radius 3 is 2.37 bits per heavy atom. The molecule has 0 saturated heterocycles. The van der Waals surface area contributed by atoms with Crippen molar-refractivity contribution < 1.29 is 29.3 Å². The largest absolute Gasteiger partial charge is 0.508 e. The molecular weight excluding hydrogens is 452 g/mol. The molecule has 2 aromatic rings. The molecule has 10 nitrogen and oxygen atoms in total. The van der Waals surface area contributed by atoms with Gasteiger partial charge in [-0.3, -0.25) is 4.79 Å². The van der Waals surface area contributed by atoms with Crippen LogP contribution in [0.2, 0.25) is 0 Å². The summed E-state index contributed by atoms with van der Waals surface area (Å²) < 4.78 is 4.78. The fourth-order valence-corrected chi connectivity index (χ4v) is 3.23. The molecule has 0 heterocycles. The second-order valence-electron chi connectivity index (χ2n) is 7.75. The lowest BCUT2D eigenvalue weighted by Gasteiger charge is -2.08. The van der Waals surface area contributed by atoms with E-state index < -0.39 is 12.1 Å². The third kappa shape index (κ3) is 10.2. The highest BCUT2D eigenvalue weighted by atomic mass is 16.5. The molecule has 0 atom stereocenters. The molecule has 0 spiro atoms. The normalized spacial score (nSPS) is 10.8. The van der Waals surface area contributed by atoms with Crippen LogP contribution >= 0.6 is 0 Å². The summed E-state index contributed by atoms with van der Waals surface area (Å²) in [5.74, 6) is -1.15. The van der Waals surface area contributed by atoms with Gasteiger partial charge in [0.15, 0.2) is 0 Å². The predicted octanol–water partition coefficient (Wildman–Crippen LogP) is 4.86. The van der Waals surface area contributed by atoms with E-state index >= 15 is 0 Å². The van der Waals surface area contributed by atoms with Gasteiger partial charge >= 0.3 is 12.1 Å². The number of carbonyl (C=O) groups is 3. The van der Waals surface area contributed by atoms with Crippen LogP contribution in [0.25, 0.3) is 0 Å². The smallest absolute Gasteiger partial charge is 0.407 e. The SMILES string of the molecule is CCOC(=O)NCCCCCCNC(=O)CCc1cc(N=Nc2ccccc2C(=O)O)ccc1O. The van der Waals surface area contributed by atoms with E-state index in [0.717, 1.165) is 25.7 Å². The van der Waals surface area contributed by atoms with Crippen LogP contribution in [0.1, 0.15) is 54.9 Å². The molecule has 35 heavy (non-hydrogen) atoms. The molecule has 0 bridgehead atoms. The zero-order chi connectivity index (χ0) is 25.5. The number of azo groups is 1. The Bertz CT molecular complexity index is 1020. The Balaban J connectivity index is 1.72. The highest BCUT2D eigenvalue weighted by molar-refractivity contribution is 5.93. The van der Waals surface area contributed by atoms with Gasteiger partial charge < -0.3 is 25.6 Å². The van der Waals surface area contributed by atoms with E-state index in [2.05, 4.69) is 20.9 Å². The molecule has 0 unspecified atom stereocenters. The van der Waals surface area contributed by atoms with Crippen LogP contribution in [-0.2, 0) is 16.0 Å². The Hall–Kier alpha value is -3.95. The average Bonchev–Trinajstić information content (AvgIpc) is 2.84. The van der Waals surface area contributed by atoms with Gasteiger partial charge in [0.2, 0.25) is 5.91 Å². The summed E-state index contributed by atoms with van der Waals surface area (Å²) in [6.45, 7) is 3.24.